The van der Waals surface area contributed by atoms with E-state index in [1.807, 2.05) is 26.0 Å². The van der Waals surface area contributed by atoms with Crippen LogP contribution in [0.2, 0.25) is 0 Å². The van der Waals surface area contributed by atoms with Crippen molar-refractivity contribution in [1.82, 2.24) is 10.2 Å². The molecule has 0 aromatic heterocycles. The number of carbonyl (C=O) groups excluding carboxylic acids is 2. The quantitative estimate of drug-likeness (QED) is 0.383. The second-order valence-corrected chi connectivity index (χ2v) is 7.07. The molecule has 2 rings (SSSR count). The molecule has 0 fully saturated rings. The molecule has 33 heavy (non-hydrogen) atoms. The van der Waals surface area contributed by atoms with Crippen LogP contribution >= 0.6 is 0 Å². The lowest BCUT2D eigenvalue weighted by Gasteiger charge is -2.30. The van der Waals surface area contributed by atoms with Gasteiger partial charge in [0.05, 0.1) is 19.1 Å². The highest BCUT2D eigenvalue weighted by Crippen LogP contribution is 2.30. The Balaban J connectivity index is 2.25. The molecule has 0 heterocycles. The van der Waals surface area contributed by atoms with Crippen LogP contribution in [-0.2, 0) is 16.1 Å². The number of nitro groups is 1. The zero-order valence-corrected chi connectivity index (χ0v) is 19.2. The molecule has 1 atom stereocenters. The first-order chi connectivity index (χ1) is 15.8. The van der Waals surface area contributed by atoms with Crippen molar-refractivity contribution in [1.29, 1.82) is 0 Å². The van der Waals surface area contributed by atoms with Crippen molar-refractivity contribution in [2.75, 3.05) is 27.4 Å². The van der Waals surface area contributed by atoms with Crippen LogP contribution < -0.4 is 19.5 Å². The maximum absolute atomic E-state index is 13.2. The van der Waals surface area contributed by atoms with Crippen LogP contribution in [0.5, 0.6) is 17.2 Å². The van der Waals surface area contributed by atoms with Crippen molar-refractivity contribution in [3.63, 3.8) is 0 Å². The lowest BCUT2D eigenvalue weighted by molar-refractivity contribution is -0.385. The first-order valence-electron chi connectivity index (χ1n) is 10.5. The SMILES string of the molecule is CCNC(=O)[C@H](CC)N(Cc1cccc(OC)c1)C(=O)COc1ccc([N+](=O)[O-])c(OC)c1. The van der Waals surface area contributed by atoms with E-state index >= 15 is 0 Å². The summed E-state index contributed by atoms with van der Waals surface area (Å²) in [5.74, 6) is 0.229. The van der Waals surface area contributed by atoms with Gasteiger partial charge in [0, 0.05) is 25.2 Å². The highest BCUT2D eigenvalue weighted by atomic mass is 16.6. The third kappa shape index (κ3) is 6.83. The number of nitro benzene ring substituents is 1. The van der Waals surface area contributed by atoms with E-state index in [1.54, 1.807) is 19.2 Å². The fourth-order valence-electron chi connectivity index (χ4n) is 3.31. The summed E-state index contributed by atoms with van der Waals surface area (Å²) in [4.78, 5) is 37.8. The Bertz CT molecular complexity index is 980. The molecule has 0 radical (unpaired) electrons. The van der Waals surface area contributed by atoms with Crippen LogP contribution in [0, 0.1) is 10.1 Å². The molecule has 178 valence electrons. The summed E-state index contributed by atoms with van der Waals surface area (Å²) < 4.78 is 15.9. The minimum Gasteiger partial charge on any atom is -0.497 e. The van der Waals surface area contributed by atoms with E-state index in [4.69, 9.17) is 14.2 Å². The van der Waals surface area contributed by atoms with Gasteiger partial charge in [0.25, 0.3) is 5.91 Å². The van der Waals surface area contributed by atoms with Crippen molar-refractivity contribution in [3.05, 3.63) is 58.1 Å². The molecule has 0 bridgehead atoms. The molecule has 10 heteroatoms. The van der Waals surface area contributed by atoms with Gasteiger partial charge in [0.1, 0.15) is 17.5 Å². The highest BCUT2D eigenvalue weighted by Gasteiger charge is 2.29. The van der Waals surface area contributed by atoms with E-state index in [2.05, 4.69) is 5.32 Å². The molecular weight excluding hydrogens is 430 g/mol. The number of hydrogen-bond acceptors (Lipinski definition) is 7. The van der Waals surface area contributed by atoms with Gasteiger partial charge in [-0.15, -0.1) is 0 Å². The van der Waals surface area contributed by atoms with Crippen molar-refractivity contribution < 1.29 is 28.7 Å². The van der Waals surface area contributed by atoms with Gasteiger partial charge in [-0.1, -0.05) is 19.1 Å². The molecule has 0 saturated heterocycles. The van der Waals surface area contributed by atoms with Crippen molar-refractivity contribution in [3.8, 4) is 17.2 Å². The number of nitrogens with zero attached hydrogens (tertiary/aromatic N) is 2. The second kappa shape index (κ2) is 12.3. The summed E-state index contributed by atoms with van der Waals surface area (Å²) in [7, 11) is 2.86. The summed E-state index contributed by atoms with van der Waals surface area (Å²) in [6.45, 7) is 3.90. The Morgan fingerprint density at radius 1 is 1.09 bits per heavy atom. The number of ether oxygens (including phenoxy) is 3. The molecule has 0 aliphatic heterocycles. The third-order valence-corrected chi connectivity index (χ3v) is 4.93. The van der Waals surface area contributed by atoms with Crippen molar-refractivity contribution in [2.45, 2.75) is 32.9 Å². The van der Waals surface area contributed by atoms with Crippen molar-refractivity contribution in [2.24, 2.45) is 0 Å². The maximum atomic E-state index is 13.2. The number of hydrogen-bond donors (Lipinski definition) is 1. The van der Waals surface area contributed by atoms with Crippen LogP contribution in [0.15, 0.2) is 42.5 Å². The molecule has 2 aromatic rings. The number of likely N-dealkylation sites (N-methyl/N-ethyl adjacent to an activating group) is 1. The number of benzene rings is 2. The Hall–Kier alpha value is -3.82. The van der Waals surface area contributed by atoms with Gasteiger partial charge in [-0.05, 0) is 37.1 Å². The number of methoxy groups -OCH3 is 2. The second-order valence-electron chi connectivity index (χ2n) is 7.07. The van der Waals surface area contributed by atoms with Gasteiger partial charge in [-0.2, -0.15) is 0 Å². The highest BCUT2D eigenvalue weighted by molar-refractivity contribution is 5.88. The predicted octanol–water partition coefficient (Wildman–Crippen LogP) is 2.93. The van der Waals surface area contributed by atoms with Gasteiger partial charge >= 0.3 is 5.69 Å². The summed E-state index contributed by atoms with van der Waals surface area (Å²) in [5, 5.41) is 13.8. The first-order valence-corrected chi connectivity index (χ1v) is 10.5. The van der Waals surface area contributed by atoms with Gasteiger partial charge in [-0.3, -0.25) is 19.7 Å². The predicted molar refractivity (Wildman–Crippen MR) is 121 cm³/mol. The molecule has 0 saturated carbocycles. The van der Waals surface area contributed by atoms with Gasteiger partial charge in [0.2, 0.25) is 11.7 Å². The number of carbonyl (C=O) groups is 2. The maximum Gasteiger partial charge on any atom is 0.311 e. The first kappa shape index (κ1) is 25.4. The molecule has 10 nitrogen and oxygen atoms in total. The zero-order chi connectivity index (χ0) is 24.4. The Morgan fingerprint density at radius 2 is 1.85 bits per heavy atom. The van der Waals surface area contributed by atoms with Crippen LogP contribution in [0.4, 0.5) is 5.69 Å². The minimum atomic E-state index is -0.696. The van der Waals surface area contributed by atoms with Gasteiger partial charge in [-0.25, -0.2) is 0 Å². The lowest BCUT2D eigenvalue weighted by atomic mass is 10.1. The van der Waals surface area contributed by atoms with E-state index in [-0.39, 0.29) is 36.2 Å². The molecule has 2 aromatic carbocycles. The summed E-state index contributed by atoms with van der Waals surface area (Å²) in [5.41, 5.74) is 0.584. The standard InChI is InChI=1S/C23H29N3O7/c1-5-19(23(28)24-6-2)25(14-16-8-7-9-17(12-16)31-3)22(27)15-33-18-10-11-20(26(29)30)21(13-18)32-4/h7-13,19H,5-6,14-15H2,1-4H3,(H,24,28)/t19-/m0/s1. The minimum absolute atomic E-state index is 0.0203. The molecule has 0 aliphatic carbocycles. The smallest absolute Gasteiger partial charge is 0.311 e. The normalized spacial score (nSPS) is 11.3. The fourth-order valence-corrected chi connectivity index (χ4v) is 3.31. The Kier molecular flexibility index (Phi) is 9.46. The monoisotopic (exact) mass is 459 g/mol. The van der Waals surface area contributed by atoms with E-state index in [9.17, 15) is 19.7 Å². The Labute approximate surface area is 192 Å². The lowest BCUT2D eigenvalue weighted by Crippen LogP contribution is -2.50. The third-order valence-electron chi connectivity index (χ3n) is 4.93. The van der Waals surface area contributed by atoms with E-state index < -0.39 is 16.9 Å². The largest absolute Gasteiger partial charge is 0.497 e. The topological polar surface area (TPSA) is 120 Å². The summed E-state index contributed by atoms with van der Waals surface area (Å²) in [6, 6.07) is 10.5. The molecule has 1 N–H and O–H groups in total. The van der Waals surface area contributed by atoms with Crippen LogP contribution in [0.25, 0.3) is 0 Å². The van der Waals surface area contributed by atoms with Crippen molar-refractivity contribution >= 4 is 17.5 Å². The summed E-state index contributed by atoms with van der Waals surface area (Å²) in [6.07, 6.45) is 0.410. The number of amides is 2. The van der Waals surface area contributed by atoms with Gasteiger partial charge in [0.15, 0.2) is 6.61 Å². The molecule has 0 spiro atoms. The van der Waals surface area contributed by atoms with E-state index in [0.29, 0.717) is 18.7 Å². The van der Waals surface area contributed by atoms with E-state index in [0.717, 1.165) is 5.56 Å². The van der Waals surface area contributed by atoms with Crippen LogP contribution in [0.1, 0.15) is 25.8 Å². The van der Waals surface area contributed by atoms with E-state index in [1.165, 1.54) is 30.2 Å². The zero-order valence-electron chi connectivity index (χ0n) is 19.2. The fraction of sp³-hybridized carbons (Fsp3) is 0.391. The molecule has 0 unspecified atom stereocenters. The van der Waals surface area contributed by atoms with Crippen LogP contribution in [-0.4, -0.2) is 55.1 Å². The molecule has 2 amide bonds. The average Bonchev–Trinajstić information content (AvgIpc) is 2.82. The molecular formula is C23H29N3O7. The number of rotatable bonds is 12. The average molecular weight is 459 g/mol. The summed E-state index contributed by atoms with van der Waals surface area (Å²) >= 11 is 0. The van der Waals surface area contributed by atoms with Gasteiger partial charge < -0.3 is 24.4 Å². The Morgan fingerprint density at radius 3 is 2.45 bits per heavy atom. The van der Waals surface area contributed by atoms with Crippen LogP contribution in [0.3, 0.4) is 0 Å². The molecule has 0 aliphatic rings. The number of nitrogens with one attached hydrogen (secondary N) is 1.